The van der Waals surface area contributed by atoms with Gasteiger partial charge in [-0.15, -0.1) is 0 Å². The van der Waals surface area contributed by atoms with Crippen LogP contribution in [-0.2, 0) is 9.53 Å². The summed E-state index contributed by atoms with van der Waals surface area (Å²) in [6.45, 7) is 2.99. The summed E-state index contributed by atoms with van der Waals surface area (Å²) in [7, 11) is 0. The third-order valence-corrected chi connectivity index (χ3v) is 3.42. The molecule has 6 nitrogen and oxygen atoms in total. The number of carboxylic acids is 1. The van der Waals surface area contributed by atoms with Crippen molar-refractivity contribution >= 4 is 5.97 Å². The molecular formula is C15H29NO5. The SMILES string of the molecule is CCCC/C=C/CCOCC[N+](CO)(CO)CCC(=O)[O-]. The minimum atomic E-state index is -1.18. The van der Waals surface area contributed by atoms with Gasteiger partial charge in [-0.3, -0.25) is 4.48 Å². The van der Waals surface area contributed by atoms with E-state index in [-0.39, 0.29) is 30.9 Å². The molecule has 0 aromatic rings. The molecule has 0 aliphatic rings. The Kier molecular flexibility index (Phi) is 12.2. The van der Waals surface area contributed by atoms with Crippen LogP contribution in [0.5, 0.6) is 0 Å². The van der Waals surface area contributed by atoms with Crippen LogP contribution in [0.1, 0.15) is 39.0 Å². The van der Waals surface area contributed by atoms with Crippen molar-refractivity contribution in [3.8, 4) is 0 Å². The maximum absolute atomic E-state index is 10.5. The van der Waals surface area contributed by atoms with Crippen LogP contribution in [0.4, 0.5) is 0 Å². The smallest absolute Gasteiger partial charge is 0.182 e. The van der Waals surface area contributed by atoms with Crippen molar-refractivity contribution in [2.45, 2.75) is 39.0 Å². The number of aliphatic hydroxyl groups excluding tert-OH is 2. The summed E-state index contributed by atoms with van der Waals surface area (Å²) in [5.74, 6) is -1.18. The second-order valence-corrected chi connectivity index (χ2v) is 5.21. The minimum absolute atomic E-state index is 0.0969. The largest absolute Gasteiger partial charge is 0.550 e. The van der Waals surface area contributed by atoms with Crippen LogP contribution in [0.3, 0.4) is 0 Å². The Morgan fingerprint density at radius 2 is 1.81 bits per heavy atom. The summed E-state index contributed by atoms with van der Waals surface area (Å²) in [4.78, 5) is 10.5. The lowest BCUT2D eigenvalue weighted by molar-refractivity contribution is -0.961. The normalized spacial score (nSPS) is 12.1. The maximum atomic E-state index is 10.5. The molecule has 0 aliphatic carbocycles. The second-order valence-electron chi connectivity index (χ2n) is 5.21. The number of allylic oxidation sites excluding steroid dienone is 1. The Morgan fingerprint density at radius 1 is 1.14 bits per heavy atom. The first-order chi connectivity index (χ1) is 10.1. The number of aliphatic hydroxyl groups is 2. The molecule has 0 spiro atoms. The molecule has 0 aromatic carbocycles. The first-order valence-corrected chi connectivity index (χ1v) is 7.59. The first kappa shape index (κ1) is 20.1. The molecule has 21 heavy (non-hydrogen) atoms. The third-order valence-electron chi connectivity index (χ3n) is 3.42. The van der Waals surface area contributed by atoms with Crippen LogP contribution >= 0.6 is 0 Å². The average Bonchev–Trinajstić information content (AvgIpc) is 2.49. The van der Waals surface area contributed by atoms with Gasteiger partial charge in [-0.25, -0.2) is 0 Å². The van der Waals surface area contributed by atoms with Crippen LogP contribution in [0.15, 0.2) is 12.2 Å². The number of quaternary nitrogens is 1. The fourth-order valence-electron chi connectivity index (χ4n) is 1.84. The summed E-state index contributed by atoms with van der Waals surface area (Å²) in [6, 6.07) is 0. The van der Waals surface area contributed by atoms with Crippen LogP contribution in [0, 0.1) is 0 Å². The van der Waals surface area contributed by atoms with E-state index in [1.807, 2.05) is 0 Å². The van der Waals surface area contributed by atoms with Crippen LogP contribution in [-0.4, -0.2) is 60.4 Å². The lowest BCUT2D eigenvalue weighted by Gasteiger charge is -2.34. The zero-order valence-corrected chi connectivity index (χ0v) is 13.0. The molecule has 0 amide bonds. The fraction of sp³-hybridized carbons (Fsp3) is 0.800. The van der Waals surface area contributed by atoms with Gasteiger partial charge in [-0.1, -0.05) is 31.9 Å². The summed E-state index contributed by atoms with van der Waals surface area (Å²) >= 11 is 0. The van der Waals surface area contributed by atoms with E-state index in [4.69, 9.17) is 4.74 Å². The fourth-order valence-corrected chi connectivity index (χ4v) is 1.84. The van der Waals surface area contributed by atoms with E-state index in [0.717, 1.165) is 12.8 Å². The molecule has 0 radical (unpaired) electrons. The lowest BCUT2D eigenvalue weighted by atomic mass is 10.2. The molecule has 6 heteroatoms. The maximum Gasteiger partial charge on any atom is 0.182 e. The van der Waals surface area contributed by atoms with Crippen molar-refractivity contribution in [1.29, 1.82) is 0 Å². The average molecular weight is 303 g/mol. The number of hydrogen-bond donors (Lipinski definition) is 2. The summed E-state index contributed by atoms with van der Waals surface area (Å²) < 4.78 is 5.36. The number of hydrogen-bond acceptors (Lipinski definition) is 5. The highest BCUT2D eigenvalue weighted by molar-refractivity contribution is 5.64. The molecule has 0 saturated heterocycles. The van der Waals surface area contributed by atoms with E-state index >= 15 is 0 Å². The molecule has 0 bridgehead atoms. The van der Waals surface area contributed by atoms with E-state index in [0.29, 0.717) is 19.8 Å². The molecule has 0 unspecified atom stereocenters. The number of ether oxygens (including phenoxy) is 1. The number of aliphatic carboxylic acids is 1. The Balaban J connectivity index is 3.83. The van der Waals surface area contributed by atoms with Crippen LogP contribution < -0.4 is 5.11 Å². The van der Waals surface area contributed by atoms with Crippen LogP contribution in [0.25, 0.3) is 0 Å². The molecule has 0 fully saturated rings. The quantitative estimate of drug-likeness (QED) is 0.204. The topological polar surface area (TPSA) is 89.8 Å². The van der Waals surface area contributed by atoms with Crippen molar-refractivity contribution in [1.82, 2.24) is 0 Å². The molecular weight excluding hydrogens is 274 g/mol. The summed E-state index contributed by atoms with van der Waals surface area (Å²) in [5.41, 5.74) is 0. The summed E-state index contributed by atoms with van der Waals surface area (Å²) in [6.07, 6.45) is 8.36. The van der Waals surface area contributed by atoms with E-state index in [1.54, 1.807) is 0 Å². The van der Waals surface area contributed by atoms with Crippen molar-refractivity contribution in [3.63, 3.8) is 0 Å². The molecule has 124 valence electrons. The zero-order valence-electron chi connectivity index (χ0n) is 13.0. The molecule has 0 aliphatic heterocycles. The van der Waals surface area contributed by atoms with Crippen molar-refractivity contribution in [2.75, 3.05) is 39.8 Å². The van der Waals surface area contributed by atoms with Crippen LogP contribution in [0.2, 0.25) is 0 Å². The van der Waals surface area contributed by atoms with E-state index < -0.39 is 5.97 Å². The molecule has 0 rings (SSSR count). The Morgan fingerprint density at radius 3 is 2.38 bits per heavy atom. The Labute approximate surface area is 127 Å². The number of carbonyl (C=O) groups is 1. The highest BCUT2D eigenvalue weighted by Crippen LogP contribution is 2.06. The number of nitrogens with zero attached hydrogens (tertiary/aromatic N) is 1. The predicted octanol–water partition coefficient (Wildman–Crippen LogP) is -0.00410. The van der Waals surface area contributed by atoms with Crippen molar-refractivity contribution in [2.24, 2.45) is 0 Å². The standard InChI is InChI=1S/C15H29NO5/c1-2-3-4-5-6-7-11-21-12-10-16(13-17,14-18)9-8-15(19)20/h5-6,17-18H,2-4,7-14H2,1H3/b6-5+. The number of carbonyl (C=O) groups excluding carboxylic acids is 1. The highest BCUT2D eigenvalue weighted by Gasteiger charge is 2.24. The van der Waals surface area contributed by atoms with Gasteiger partial charge < -0.3 is 24.9 Å². The van der Waals surface area contributed by atoms with E-state index in [2.05, 4.69) is 19.1 Å². The summed E-state index contributed by atoms with van der Waals surface area (Å²) in [5, 5.41) is 29.2. The second kappa shape index (κ2) is 12.8. The van der Waals surface area contributed by atoms with Gasteiger partial charge in [0.1, 0.15) is 6.54 Å². The molecule has 0 aromatic heterocycles. The van der Waals surface area contributed by atoms with Crippen molar-refractivity contribution < 1.29 is 29.3 Å². The number of unbranched alkanes of at least 4 members (excludes halogenated alkanes) is 2. The zero-order chi connectivity index (χ0) is 16.0. The molecule has 0 heterocycles. The lowest BCUT2D eigenvalue weighted by Crippen LogP contribution is -2.53. The monoisotopic (exact) mass is 303 g/mol. The van der Waals surface area contributed by atoms with Crippen molar-refractivity contribution in [3.05, 3.63) is 12.2 Å². The minimum Gasteiger partial charge on any atom is -0.550 e. The van der Waals surface area contributed by atoms with E-state index in [1.165, 1.54) is 12.8 Å². The van der Waals surface area contributed by atoms with Gasteiger partial charge >= 0.3 is 0 Å². The molecule has 2 N–H and O–H groups in total. The van der Waals surface area contributed by atoms with E-state index in [9.17, 15) is 20.1 Å². The molecule has 0 atom stereocenters. The Hall–Kier alpha value is -0.950. The number of carboxylic acid groups (broad SMARTS) is 1. The Bertz CT molecular complexity index is 290. The molecule has 0 saturated carbocycles. The number of rotatable bonds is 14. The van der Waals surface area contributed by atoms with Gasteiger partial charge in [0.25, 0.3) is 0 Å². The third kappa shape index (κ3) is 10.4. The van der Waals surface area contributed by atoms with Gasteiger partial charge in [0.15, 0.2) is 13.5 Å². The van der Waals surface area contributed by atoms with Gasteiger partial charge in [0, 0.05) is 12.4 Å². The van der Waals surface area contributed by atoms with Gasteiger partial charge in [0.2, 0.25) is 0 Å². The predicted molar refractivity (Wildman–Crippen MR) is 77.9 cm³/mol. The van der Waals surface area contributed by atoms with Gasteiger partial charge in [0.05, 0.1) is 19.8 Å². The van der Waals surface area contributed by atoms with Gasteiger partial charge in [-0.05, 0) is 12.8 Å². The first-order valence-electron chi connectivity index (χ1n) is 7.59. The van der Waals surface area contributed by atoms with Gasteiger partial charge in [-0.2, -0.15) is 0 Å². The highest BCUT2D eigenvalue weighted by atomic mass is 16.5.